The predicted octanol–water partition coefficient (Wildman–Crippen LogP) is 4.09. The zero-order valence-corrected chi connectivity index (χ0v) is 21.4. The highest BCUT2D eigenvalue weighted by molar-refractivity contribution is 7.92. The van der Waals surface area contributed by atoms with Gasteiger partial charge in [0.15, 0.2) is 21.5 Å². The summed E-state index contributed by atoms with van der Waals surface area (Å²) in [5, 5.41) is 15.8. The molecule has 11 heteroatoms. The van der Waals surface area contributed by atoms with Gasteiger partial charge in [0.05, 0.1) is 20.8 Å². The van der Waals surface area contributed by atoms with Crippen molar-refractivity contribution in [2.45, 2.75) is 54.3 Å². The molecule has 0 saturated heterocycles. The van der Waals surface area contributed by atoms with Crippen molar-refractivity contribution >= 4 is 38.9 Å². The maximum absolute atomic E-state index is 13.7. The van der Waals surface area contributed by atoms with E-state index in [1.807, 2.05) is 0 Å². The van der Waals surface area contributed by atoms with Gasteiger partial charge in [0.1, 0.15) is 0 Å². The molecule has 3 fully saturated rings. The largest absolute Gasteiger partial charge is 0.387 e. The number of carbonyl (C=O) groups is 2. The van der Waals surface area contributed by atoms with Crippen molar-refractivity contribution in [3.8, 4) is 0 Å². The lowest BCUT2D eigenvalue weighted by Gasteiger charge is -2.42. The van der Waals surface area contributed by atoms with Gasteiger partial charge in [-0.2, -0.15) is 0 Å². The molecule has 5 rings (SSSR count). The third-order valence-corrected chi connectivity index (χ3v) is 10.6. The Bertz CT molecular complexity index is 1350. The van der Waals surface area contributed by atoms with E-state index in [2.05, 4.69) is 10.6 Å². The minimum absolute atomic E-state index is 0.00853. The molecule has 2 bridgehead atoms. The molecule has 2 amide bonds. The van der Waals surface area contributed by atoms with Crippen molar-refractivity contribution in [2.75, 3.05) is 11.9 Å². The molecule has 7 nitrogen and oxygen atoms in total. The van der Waals surface area contributed by atoms with Gasteiger partial charge in [0, 0.05) is 29.8 Å². The molecule has 3 unspecified atom stereocenters. The second kappa shape index (κ2) is 9.63. The standard InChI is InChI=1S/C26H27ClF2N2O5S/c27-20-7-3-15(25(33)31-18-6-8-21(28)22(29)12-18)9-23(20)37(35,36)19-10-16-4-5-17(11-19)26(16,34)13-30-24(32)14-1-2-14/h3,6-9,12,14,16-17,19,34H,1-2,4-5,10-11,13H2,(H,30,32)(H,31,33)/t16-,17?,19?,26?/m0/s1. The zero-order valence-electron chi connectivity index (χ0n) is 19.8. The topological polar surface area (TPSA) is 113 Å². The van der Waals surface area contributed by atoms with Gasteiger partial charge in [-0.1, -0.05) is 11.6 Å². The number of amides is 2. The number of hydrogen-bond acceptors (Lipinski definition) is 5. The molecular weight excluding hydrogens is 526 g/mol. The van der Waals surface area contributed by atoms with Crippen LogP contribution in [0.2, 0.25) is 5.02 Å². The third-order valence-electron chi connectivity index (χ3n) is 7.98. The molecular formula is C26H27ClF2N2O5S. The predicted molar refractivity (Wildman–Crippen MR) is 133 cm³/mol. The Morgan fingerprint density at radius 3 is 2.30 bits per heavy atom. The van der Waals surface area contributed by atoms with Gasteiger partial charge in [-0.15, -0.1) is 0 Å². The van der Waals surface area contributed by atoms with Gasteiger partial charge >= 0.3 is 0 Å². The second-order valence-electron chi connectivity index (χ2n) is 10.3. The smallest absolute Gasteiger partial charge is 0.255 e. The molecule has 3 aliphatic carbocycles. The molecule has 37 heavy (non-hydrogen) atoms. The normalized spacial score (nSPS) is 27.1. The van der Waals surface area contributed by atoms with E-state index in [1.54, 1.807) is 0 Å². The number of carbonyl (C=O) groups excluding carboxylic acids is 2. The Balaban J connectivity index is 1.33. The maximum Gasteiger partial charge on any atom is 0.255 e. The lowest BCUT2D eigenvalue weighted by atomic mass is 9.74. The average Bonchev–Trinajstić information content (AvgIpc) is 3.68. The summed E-state index contributed by atoms with van der Waals surface area (Å²) >= 11 is 6.27. The number of hydrogen-bond donors (Lipinski definition) is 3. The average molecular weight is 553 g/mol. The third kappa shape index (κ3) is 4.98. The fraction of sp³-hybridized carbons (Fsp3) is 0.462. The highest BCUT2D eigenvalue weighted by atomic mass is 35.5. The SMILES string of the molecule is O=C(Nc1ccc(F)c(F)c1)c1ccc(Cl)c(S(=O)(=O)C2CC3CC[C@@H](C2)C3(O)CNC(=O)C2CC2)c1. The van der Waals surface area contributed by atoms with E-state index in [4.69, 9.17) is 11.6 Å². The second-order valence-corrected chi connectivity index (χ2v) is 12.9. The summed E-state index contributed by atoms with van der Waals surface area (Å²) < 4.78 is 54.0. The van der Waals surface area contributed by atoms with Crippen molar-refractivity contribution in [2.24, 2.45) is 17.8 Å². The van der Waals surface area contributed by atoms with E-state index >= 15 is 0 Å². The summed E-state index contributed by atoms with van der Waals surface area (Å²) in [6.45, 7) is 0.116. The van der Waals surface area contributed by atoms with Gasteiger partial charge < -0.3 is 15.7 Å². The highest BCUT2D eigenvalue weighted by Crippen LogP contribution is 2.52. The molecule has 3 aliphatic rings. The number of fused-ring (bicyclic) bond motifs is 2. The fourth-order valence-corrected chi connectivity index (χ4v) is 8.09. The van der Waals surface area contributed by atoms with E-state index in [1.165, 1.54) is 24.3 Å². The van der Waals surface area contributed by atoms with E-state index in [0.29, 0.717) is 12.8 Å². The number of sulfone groups is 1. The van der Waals surface area contributed by atoms with Crippen molar-refractivity contribution < 1.29 is 31.9 Å². The molecule has 0 radical (unpaired) electrons. The van der Waals surface area contributed by atoms with Crippen molar-refractivity contribution in [1.29, 1.82) is 0 Å². The minimum atomic E-state index is -3.96. The van der Waals surface area contributed by atoms with Crippen molar-refractivity contribution in [3.63, 3.8) is 0 Å². The van der Waals surface area contributed by atoms with Crippen LogP contribution in [0.25, 0.3) is 0 Å². The van der Waals surface area contributed by atoms with Gasteiger partial charge in [-0.05, 0) is 80.7 Å². The Morgan fingerprint density at radius 1 is 1.00 bits per heavy atom. The van der Waals surface area contributed by atoms with Crippen molar-refractivity contribution in [3.05, 3.63) is 58.6 Å². The summed E-state index contributed by atoms with van der Waals surface area (Å²) in [6, 6.07) is 6.74. The van der Waals surface area contributed by atoms with Gasteiger partial charge in [-0.25, -0.2) is 17.2 Å². The minimum Gasteiger partial charge on any atom is -0.387 e. The van der Waals surface area contributed by atoms with E-state index in [0.717, 1.165) is 25.0 Å². The maximum atomic E-state index is 13.7. The Hall–Kier alpha value is -2.56. The first-order chi connectivity index (χ1) is 17.5. The number of benzene rings is 2. The van der Waals surface area contributed by atoms with Crippen LogP contribution >= 0.6 is 11.6 Å². The quantitative estimate of drug-likeness (QED) is 0.479. The summed E-state index contributed by atoms with van der Waals surface area (Å²) in [5.74, 6) is -3.51. The van der Waals surface area contributed by atoms with Crippen LogP contribution in [-0.2, 0) is 14.6 Å². The Labute approximate surface area is 218 Å². The molecule has 0 spiro atoms. The molecule has 0 heterocycles. The number of rotatable bonds is 7. The molecule has 3 saturated carbocycles. The number of nitrogens with one attached hydrogen (secondary N) is 2. The Kier molecular flexibility index (Phi) is 6.79. The molecule has 198 valence electrons. The zero-order chi connectivity index (χ0) is 26.5. The van der Waals surface area contributed by atoms with Crippen LogP contribution in [0, 0.1) is 29.4 Å². The molecule has 3 N–H and O–H groups in total. The monoisotopic (exact) mass is 552 g/mol. The number of halogens is 3. The van der Waals surface area contributed by atoms with Crippen LogP contribution in [-0.4, -0.2) is 42.7 Å². The molecule has 0 aliphatic heterocycles. The van der Waals surface area contributed by atoms with Gasteiger partial charge in [-0.3, -0.25) is 9.59 Å². The first-order valence-corrected chi connectivity index (χ1v) is 14.2. The summed E-state index contributed by atoms with van der Waals surface area (Å²) in [4.78, 5) is 24.6. The van der Waals surface area contributed by atoms with Crippen LogP contribution < -0.4 is 10.6 Å². The summed E-state index contributed by atoms with van der Waals surface area (Å²) in [5.41, 5.74) is -1.14. The van der Waals surface area contributed by atoms with Crippen molar-refractivity contribution in [1.82, 2.24) is 5.32 Å². The van der Waals surface area contributed by atoms with Crippen LogP contribution in [0.5, 0.6) is 0 Å². The van der Waals surface area contributed by atoms with Crippen LogP contribution in [0.1, 0.15) is 48.9 Å². The first-order valence-electron chi connectivity index (χ1n) is 12.3. The lowest BCUT2D eigenvalue weighted by Crippen LogP contribution is -2.54. The summed E-state index contributed by atoms with van der Waals surface area (Å²) in [6.07, 6.45) is 3.48. The molecule has 4 atom stereocenters. The van der Waals surface area contributed by atoms with E-state index < -0.39 is 38.2 Å². The highest BCUT2D eigenvalue weighted by Gasteiger charge is 2.56. The fourth-order valence-electron chi connectivity index (χ4n) is 5.69. The molecule has 0 aromatic heterocycles. The van der Waals surface area contributed by atoms with E-state index in [9.17, 15) is 31.9 Å². The Morgan fingerprint density at radius 2 is 1.68 bits per heavy atom. The number of aliphatic hydroxyl groups is 1. The summed E-state index contributed by atoms with van der Waals surface area (Å²) in [7, 11) is -3.96. The van der Waals surface area contributed by atoms with E-state index in [-0.39, 0.29) is 64.2 Å². The van der Waals surface area contributed by atoms with Gasteiger partial charge in [0.25, 0.3) is 5.91 Å². The molecule has 2 aromatic rings. The van der Waals surface area contributed by atoms with Crippen LogP contribution in [0.3, 0.4) is 0 Å². The first kappa shape index (κ1) is 26.1. The van der Waals surface area contributed by atoms with Crippen LogP contribution in [0.15, 0.2) is 41.3 Å². The van der Waals surface area contributed by atoms with Crippen LogP contribution in [0.4, 0.5) is 14.5 Å². The lowest BCUT2D eigenvalue weighted by molar-refractivity contribution is -0.125. The molecule has 2 aromatic carbocycles. The van der Waals surface area contributed by atoms with Gasteiger partial charge in [0.2, 0.25) is 5.91 Å². The number of anilines is 1.